The molecule has 2 fully saturated rings. The lowest BCUT2D eigenvalue weighted by Gasteiger charge is -2.38. The Hall–Kier alpha value is -1.92. The fourth-order valence-electron chi connectivity index (χ4n) is 3.71. The molecule has 1 spiro atoms. The summed E-state index contributed by atoms with van der Waals surface area (Å²) in [6.45, 7) is 5.76. The van der Waals surface area contributed by atoms with E-state index in [2.05, 4.69) is 26.8 Å². The minimum absolute atomic E-state index is 0.00993. The number of rotatable bonds is 4. The first-order valence-electron chi connectivity index (χ1n) is 8.64. The Balaban J connectivity index is 1.30. The van der Waals surface area contributed by atoms with Gasteiger partial charge in [-0.1, -0.05) is 0 Å². The molecule has 0 aromatic carbocycles. The van der Waals surface area contributed by atoms with E-state index >= 15 is 0 Å². The third-order valence-corrected chi connectivity index (χ3v) is 5.19. The average Bonchev–Trinajstić information content (AvgIpc) is 3.18. The van der Waals surface area contributed by atoms with Crippen molar-refractivity contribution < 1.29 is 9.47 Å². The number of aromatic amines is 1. The minimum Gasteiger partial charge on any atom is -0.486 e. The number of aromatic nitrogens is 3. The van der Waals surface area contributed by atoms with Crippen molar-refractivity contribution in [3.63, 3.8) is 0 Å². The first-order valence-corrected chi connectivity index (χ1v) is 8.64. The molecule has 2 aromatic heterocycles. The fraction of sp³-hybridized carbons (Fsp3) is 0.556. The number of hydrogen-bond acceptors (Lipinski definition) is 5. The summed E-state index contributed by atoms with van der Waals surface area (Å²) >= 11 is 0. The molecule has 128 valence electrons. The highest BCUT2D eigenvalue weighted by atomic mass is 16.6. The maximum atomic E-state index is 6.18. The van der Waals surface area contributed by atoms with Gasteiger partial charge in [0.2, 0.25) is 0 Å². The van der Waals surface area contributed by atoms with Gasteiger partial charge < -0.3 is 14.5 Å². The van der Waals surface area contributed by atoms with Crippen LogP contribution in [0.1, 0.15) is 30.7 Å². The Kier molecular flexibility index (Phi) is 4.24. The second-order valence-corrected chi connectivity index (χ2v) is 6.88. The summed E-state index contributed by atoms with van der Waals surface area (Å²) in [5, 5.41) is 0. The number of nitrogens with zero attached hydrogens (tertiary/aromatic N) is 3. The highest BCUT2D eigenvalue weighted by molar-refractivity contribution is 5.16. The van der Waals surface area contributed by atoms with E-state index in [9.17, 15) is 0 Å². The first kappa shape index (κ1) is 15.6. The van der Waals surface area contributed by atoms with Gasteiger partial charge in [0.15, 0.2) is 0 Å². The van der Waals surface area contributed by atoms with Crippen LogP contribution in [-0.2, 0) is 11.3 Å². The smallest absolute Gasteiger partial charge is 0.138 e. The Morgan fingerprint density at radius 1 is 1.42 bits per heavy atom. The summed E-state index contributed by atoms with van der Waals surface area (Å²) in [4.78, 5) is 14.1. The molecule has 0 radical (unpaired) electrons. The zero-order valence-corrected chi connectivity index (χ0v) is 14.1. The van der Waals surface area contributed by atoms with Crippen LogP contribution in [0.15, 0.2) is 30.9 Å². The first-order chi connectivity index (χ1) is 11.7. The normalized spacial score (nSPS) is 23.6. The highest BCUT2D eigenvalue weighted by Crippen LogP contribution is 2.37. The maximum Gasteiger partial charge on any atom is 0.138 e. The molecule has 2 aromatic rings. The van der Waals surface area contributed by atoms with Gasteiger partial charge in [-0.05, 0) is 31.9 Å². The van der Waals surface area contributed by atoms with E-state index in [1.54, 1.807) is 18.7 Å². The van der Waals surface area contributed by atoms with Crippen LogP contribution in [-0.4, -0.2) is 51.3 Å². The molecular weight excluding hydrogens is 304 g/mol. The van der Waals surface area contributed by atoms with E-state index in [4.69, 9.17) is 9.47 Å². The van der Waals surface area contributed by atoms with E-state index in [-0.39, 0.29) is 11.7 Å². The molecule has 4 heterocycles. The van der Waals surface area contributed by atoms with E-state index in [1.807, 2.05) is 12.1 Å². The van der Waals surface area contributed by atoms with Crippen molar-refractivity contribution in [2.45, 2.75) is 44.4 Å². The summed E-state index contributed by atoms with van der Waals surface area (Å²) < 4.78 is 12.2. The van der Waals surface area contributed by atoms with E-state index in [1.165, 1.54) is 0 Å². The van der Waals surface area contributed by atoms with Crippen LogP contribution in [0, 0.1) is 6.92 Å². The van der Waals surface area contributed by atoms with Crippen molar-refractivity contribution >= 4 is 0 Å². The molecular formula is C18H24N4O2. The van der Waals surface area contributed by atoms with Gasteiger partial charge in [0.25, 0.3) is 0 Å². The van der Waals surface area contributed by atoms with E-state index < -0.39 is 0 Å². The molecule has 2 aliphatic rings. The molecule has 0 saturated carbocycles. The molecule has 6 nitrogen and oxygen atoms in total. The maximum absolute atomic E-state index is 6.18. The molecule has 1 unspecified atom stereocenters. The van der Waals surface area contributed by atoms with Crippen molar-refractivity contribution in [1.29, 1.82) is 0 Å². The zero-order valence-electron chi connectivity index (χ0n) is 14.1. The summed E-state index contributed by atoms with van der Waals surface area (Å²) in [6.07, 6.45) is 8.52. The number of H-pyrrole nitrogens is 1. The summed E-state index contributed by atoms with van der Waals surface area (Å²) in [7, 11) is 0. The number of piperidine rings is 1. The van der Waals surface area contributed by atoms with Crippen LogP contribution in [0.4, 0.5) is 0 Å². The fourth-order valence-corrected chi connectivity index (χ4v) is 3.71. The highest BCUT2D eigenvalue weighted by Gasteiger charge is 2.43. The minimum atomic E-state index is -0.00993. The van der Waals surface area contributed by atoms with Crippen molar-refractivity contribution in [3.05, 3.63) is 42.2 Å². The van der Waals surface area contributed by atoms with Crippen LogP contribution in [0.25, 0.3) is 0 Å². The standard InChI is InChI=1S/C18H24N4O2/c1-14-17(21-13-20-14)11-22-7-4-18(5-8-22)9-16(12-23-18)24-15-3-2-6-19-10-15/h2-3,6,10,13,16H,4-5,7-9,11-12H2,1H3,(H,20,21). The van der Waals surface area contributed by atoms with Gasteiger partial charge in [-0.2, -0.15) is 0 Å². The predicted octanol–water partition coefficient (Wildman–Crippen LogP) is 2.32. The van der Waals surface area contributed by atoms with Gasteiger partial charge in [-0.15, -0.1) is 0 Å². The number of hydrogen-bond donors (Lipinski definition) is 1. The molecule has 1 atom stereocenters. The van der Waals surface area contributed by atoms with Crippen molar-refractivity contribution in [3.8, 4) is 5.75 Å². The lowest BCUT2D eigenvalue weighted by Crippen LogP contribution is -2.44. The molecule has 24 heavy (non-hydrogen) atoms. The molecule has 0 bridgehead atoms. The third-order valence-electron chi connectivity index (χ3n) is 5.19. The molecule has 0 aliphatic carbocycles. The Morgan fingerprint density at radius 2 is 2.29 bits per heavy atom. The van der Waals surface area contributed by atoms with Crippen LogP contribution < -0.4 is 4.74 Å². The zero-order chi connectivity index (χ0) is 16.4. The number of aryl methyl sites for hydroxylation is 1. The predicted molar refractivity (Wildman–Crippen MR) is 89.8 cm³/mol. The number of pyridine rings is 1. The summed E-state index contributed by atoms with van der Waals surface area (Å²) in [5.74, 6) is 0.828. The van der Waals surface area contributed by atoms with E-state index in [0.29, 0.717) is 6.61 Å². The third kappa shape index (κ3) is 3.30. The molecule has 2 saturated heterocycles. The molecule has 6 heteroatoms. The largest absolute Gasteiger partial charge is 0.486 e. The van der Waals surface area contributed by atoms with Crippen LogP contribution in [0.2, 0.25) is 0 Å². The molecule has 0 amide bonds. The topological polar surface area (TPSA) is 63.3 Å². The van der Waals surface area contributed by atoms with Crippen LogP contribution >= 0.6 is 0 Å². The number of imidazole rings is 1. The van der Waals surface area contributed by atoms with E-state index in [0.717, 1.165) is 56.0 Å². The number of likely N-dealkylation sites (tertiary alicyclic amines) is 1. The summed E-state index contributed by atoms with van der Waals surface area (Å²) in [5.41, 5.74) is 2.30. The van der Waals surface area contributed by atoms with Gasteiger partial charge in [0, 0.05) is 37.9 Å². The molecule has 2 aliphatic heterocycles. The second kappa shape index (κ2) is 6.53. The Bertz CT molecular complexity index is 665. The second-order valence-electron chi connectivity index (χ2n) is 6.88. The van der Waals surface area contributed by atoms with Gasteiger partial charge in [0.1, 0.15) is 11.9 Å². The molecule has 1 N–H and O–H groups in total. The van der Waals surface area contributed by atoms with Gasteiger partial charge in [0.05, 0.1) is 30.4 Å². The SMILES string of the molecule is Cc1[nH]cnc1CN1CCC2(CC1)CC(Oc1cccnc1)CO2. The van der Waals surface area contributed by atoms with Crippen molar-refractivity contribution in [2.75, 3.05) is 19.7 Å². The molecule has 4 rings (SSSR count). The van der Waals surface area contributed by atoms with Gasteiger partial charge in [-0.3, -0.25) is 9.88 Å². The average molecular weight is 328 g/mol. The van der Waals surface area contributed by atoms with Crippen LogP contribution in [0.3, 0.4) is 0 Å². The Morgan fingerprint density at radius 3 is 3.00 bits per heavy atom. The monoisotopic (exact) mass is 328 g/mol. The van der Waals surface area contributed by atoms with Crippen LogP contribution in [0.5, 0.6) is 5.75 Å². The van der Waals surface area contributed by atoms with Crippen molar-refractivity contribution in [1.82, 2.24) is 19.9 Å². The quantitative estimate of drug-likeness (QED) is 0.933. The lowest BCUT2D eigenvalue weighted by atomic mass is 9.88. The van der Waals surface area contributed by atoms with Gasteiger partial charge >= 0.3 is 0 Å². The number of ether oxygens (including phenoxy) is 2. The number of nitrogens with one attached hydrogen (secondary N) is 1. The van der Waals surface area contributed by atoms with Crippen molar-refractivity contribution in [2.24, 2.45) is 0 Å². The summed E-state index contributed by atoms with van der Waals surface area (Å²) in [6, 6.07) is 3.85. The van der Waals surface area contributed by atoms with Gasteiger partial charge in [-0.25, -0.2) is 4.98 Å². The Labute approximate surface area is 142 Å². The lowest BCUT2D eigenvalue weighted by molar-refractivity contribution is -0.0456.